The number of rotatable bonds is 6. The number of hydrogen-bond donors (Lipinski definition) is 4. The minimum absolute atomic E-state index is 0.0413. The molecule has 0 spiro atoms. The van der Waals surface area contributed by atoms with Crippen molar-refractivity contribution in [2.75, 3.05) is 26.0 Å². The number of nitrogens with zero attached hydrogens (tertiary/aromatic N) is 1. The monoisotopic (exact) mass is 605 g/mol. The van der Waals surface area contributed by atoms with Gasteiger partial charge >= 0.3 is 6.09 Å². The van der Waals surface area contributed by atoms with E-state index in [1.165, 1.54) is 25.1 Å². The Balaban J connectivity index is 1.51. The van der Waals surface area contributed by atoms with Gasteiger partial charge in [-0.15, -0.1) is 0 Å². The Morgan fingerprint density at radius 3 is 2.32 bits per heavy atom. The minimum atomic E-state index is -2.77. The van der Waals surface area contributed by atoms with Crippen LogP contribution in [0.3, 0.4) is 0 Å². The van der Waals surface area contributed by atoms with Crippen LogP contribution in [0.5, 0.6) is 5.75 Å². The number of phenols is 1. The maximum Gasteiger partial charge on any atom is 0.411 e. The molecule has 3 aliphatic rings. The second-order valence-electron chi connectivity index (χ2n) is 12.5. The lowest BCUT2D eigenvalue weighted by atomic mass is 9.52. The SMILES string of the molecule is CC(C)COC(=O)Nc1ccc(-c2ccc(O)c3c2C[C@@H]2C[C@@H]4[C@@H](N(C)C)C(=O)C(C(N)=O)C(=O)[C@]4(O)C(=O)C2C3=O)cc1. The van der Waals surface area contributed by atoms with Crippen LogP contribution >= 0.6 is 0 Å². The van der Waals surface area contributed by atoms with Gasteiger partial charge < -0.3 is 20.7 Å². The van der Waals surface area contributed by atoms with Crippen molar-refractivity contribution in [3.8, 4) is 16.9 Å². The number of aromatic hydroxyl groups is 1. The van der Waals surface area contributed by atoms with Gasteiger partial charge in [0.1, 0.15) is 5.75 Å². The molecule has 0 aromatic heterocycles. The van der Waals surface area contributed by atoms with E-state index >= 15 is 0 Å². The highest BCUT2D eigenvalue weighted by molar-refractivity contribution is 6.32. The van der Waals surface area contributed by atoms with E-state index in [1.54, 1.807) is 30.3 Å². The molecule has 0 aliphatic heterocycles. The highest BCUT2D eigenvalue weighted by Crippen LogP contribution is 2.51. The number of nitrogens with two attached hydrogens (primary N) is 1. The van der Waals surface area contributed by atoms with Crippen LogP contribution in [0.1, 0.15) is 36.2 Å². The van der Waals surface area contributed by atoms with E-state index in [9.17, 15) is 39.0 Å². The standard InChI is InChI=1S/C32H35N3O9/c1-14(2)13-44-31(42)34-17-7-5-15(6-8-17)18-9-10-21(36)23-19(18)11-16-12-20-25(35(3)4)27(38)24(30(33)41)29(40)32(20,43)28(39)22(16)26(23)37/h5-10,14,16,20,22,24-25,36,43H,11-13H2,1-4H3,(H2,33,41)(H,34,42)/t16-,20-,22?,24?,25-,32-/m1/s1. The van der Waals surface area contributed by atoms with Crippen LogP contribution in [-0.2, 0) is 30.3 Å². The van der Waals surface area contributed by atoms with E-state index in [-0.39, 0.29) is 36.7 Å². The number of nitrogens with one attached hydrogen (secondary N) is 1. The minimum Gasteiger partial charge on any atom is -0.507 e. The van der Waals surface area contributed by atoms with Gasteiger partial charge in [-0.05, 0) is 73.7 Å². The van der Waals surface area contributed by atoms with Crippen LogP contribution in [0.4, 0.5) is 10.5 Å². The van der Waals surface area contributed by atoms with Gasteiger partial charge in [-0.3, -0.25) is 34.2 Å². The van der Waals surface area contributed by atoms with Gasteiger partial charge in [-0.25, -0.2) is 4.79 Å². The Morgan fingerprint density at radius 2 is 1.73 bits per heavy atom. The number of ketones is 4. The van der Waals surface area contributed by atoms with Crippen LogP contribution < -0.4 is 11.1 Å². The van der Waals surface area contributed by atoms with Gasteiger partial charge in [0, 0.05) is 11.6 Å². The highest BCUT2D eigenvalue weighted by Gasteiger charge is 2.69. The fourth-order valence-corrected chi connectivity index (χ4v) is 7.00. The molecular weight excluding hydrogens is 570 g/mol. The summed E-state index contributed by atoms with van der Waals surface area (Å²) in [6, 6.07) is 8.61. The Labute approximate surface area is 253 Å². The second kappa shape index (κ2) is 11.3. The predicted octanol–water partition coefficient (Wildman–Crippen LogP) is 1.74. The summed E-state index contributed by atoms with van der Waals surface area (Å²) in [6.07, 6.45) is -0.498. The van der Waals surface area contributed by atoms with E-state index in [2.05, 4.69) is 5.32 Å². The number of primary amides is 1. The number of ether oxygens (including phenoxy) is 1. The molecular formula is C32H35N3O9. The fraction of sp³-hybridized carbons (Fsp3) is 0.438. The number of aliphatic hydroxyl groups is 1. The van der Waals surface area contributed by atoms with Crippen molar-refractivity contribution >= 4 is 40.8 Å². The molecule has 2 unspecified atom stereocenters. The predicted molar refractivity (Wildman–Crippen MR) is 157 cm³/mol. The quantitative estimate of drug-likeness (QED) is 0.352. The van der Waals surface area contributed by atoms with Crippen molar-refractivity contribution in [2.45, 2.75) is 38.3 Å². The van der Waals surface area contributed by atoms with Crippen molar-refractivity contribution in [3.05, 3.63) is 47.5 Å². The number of phenolic OH excluding ortho intramolecular Hbond substituents is 1. The smallest absolute Gasteiger partial charge is 0.411 e. The van der Waals surface area contributed by atoms with Gasteiger partial charge in [-0.1, -0.05) is 32.0 Å². The Morgan fingerprint density at radius 1 is 1.07 bits per heavy atom. The van der Waals surface area contributed by atoms with Crippen molar-refractivity contribution in [3.63, 3.8) is 0 Å². The molecule has 232 valence electrons. The molecule has 0 bridgehead atoms. The number of hydrogen-bond acceptors (Lipinski definition) is 10. The van der Waals surface area contributed by atoms with Crippen molar-refractivity contribution < 1.29 is 43.7 Å². The molecule has 5 rings (SSSR count). The average Bonchev–Trinajstić information content (AvgIpc) is 2.94. The molecule has 0 radical (unpaired) electrons. The second-order valence-corrected chi connectivity index (χ2v) is 12.5. The molecule has 6 atom stereocenters. The zero-order valence-electron chi connectivity index (χ0n) is 24.8. The molecule has 0 saturated heterocycles. The largest absolute Gasteiger partial charge is 0.507 e. The first-order valence-electron chi connectivity index (χ1n) is 14.4. The summed E-state index contributed by atoms with van der Waals surface area (Å²) < 4.78 is 5.15. The maximum absolute atomic E-state index is 14.0. The van der Waals surface area contributed by atoms with E-state index in [0.29, 0.717) is 22.4 Å². The molecule has 2 fully saturated rings. The number of benzene rings is 2. The number of anilines is 1. The van der Waals surface area contributed by atoms with E-state index in [1.807, 2.05) is 13.8 Å². The summed E-state index contributed by atoms with van der Waals surface area (Å²) in [5.41, 5.74) is 4.75. The third-order valence-electron chi connectivity index (χ3n) is 8.93. The molecule has 2 aromatic carbocycles. The average molecular weight is 606 g/mol. The molecule has 2 aromatic rings. The van der Waals surface area contributed by atoms with Crippen molar-refractivity contribution in [2.24, 2.45) is 35.3 Å². The molecule has 3 aliphatic carbocycles. The van der Waals surface area contributed by atoms with Crippen LogP contribution in [0.25, 0.3) is 11.1 Å². The number of Topliss-reactive ketones (excluding diaryl/α,β-unsaturated/α-hetero) is 4. The first-order valence-corrected chi connectivity index (χ1v) is 14.4. The first kappa shape index (κ1) is 31.0. The molecule has 2 saturated carbocycles. The number of likely N-dealkylation sites (N-methyl/N-ethyl adjacent to an activating group) is 1. The summed E-state index contributed by atoms with van der Waals surface area (Å²) in [6.45, 7) is 4.11. The molecule has 44 heavy (non-hydrogen) atoms. The zero-order chi connectivity index (χ0) is 32.2. The van der Waals surface area contributed by atoms with Gasteiger partial charge in [-0.2, -0.15) is 0 Å². The lowest BCUT2D eigenvalue weighted by Crippen LogP contribution is -2.74. The van der Waals surface area contributed by atoms with Crippen molar-refractivity contribution in [1.82, 2.24) is 4.90 Å². The molecule has 12 nitrogen and oxygen atoms in total. The number of carbonyl (C=O) groups excluding carboxylic acids is 6. The molecule has 12 heteroatoms. The summed E-state index contributed by atoms with van der Waals surface area (Å²) >= 11 is 0. The van der Waals surface area contributed by atoms with E-state index < -0.39 is 70.4 Å². The highest BCUT2D eigenvalue weighted by atomic mass is 16.5. The maximum atomic E-state index is 14.0. The van der Waals surface area contributed by atoms with E-state index in [0.717, 1.165) is 0 Å². The Hall–Kier alpha value is -4.42. The summed E-state index contributed by atoms with van der Waals surface area (Å²) in [5.74, 6) is -10.8. The lowest BCUT2D eigenvalue weighted by molar-refractivity contribution is -0.181. The van der Waals surface area contributed by atoms with Gasteiger partial charge in [0.05, 0.1) is 24.1 Å². The molecule has 5 N–H and O–H groups in total. The number of fused-ring (bicyclic) bond motifs is 3. The van der Waals surface area contributed by atoms with Gasteiger partial charge in [0.25, 0.3) is 0 Å². The third-order valence-corrected chi connectivity index (χ3v) is 8.93. The normalized spacial score (nSPS) is 27.9. The summed E-state index contributed by atoms with van der Waals surface area (Å²) in [5, 5.41) is 25.1. The number of amides is 2. The van der Waals surface area contributed by atoms with Crippen LogP contribution in [-0.4, -0.2) is 82.6 Å². The van der Waals surface area contributed by atoms with Crippen LogP contribution in [0, 0.1) is 29.6 Å². The molecule has 0 heterocycles. The molecule has 2 amide bonds. The summed E-state index contributed by atoms with van der Waals surface area (Å²) in [4.78, 5) is 80.2. The number of carbonyl (C=O) groups is 6. The zero-order valence-corrected chi connectivity index (χ0v) is 24.8. The summed E-state index contributed by atoms with van der Waals surface area (Å²) in [7, 11) is 3.07. The Kier molecular flexibility index (Phi) is 7.93. The fourth-order valence-electron chi connectivity index (χ4n) is 7.00. The first-order chi connectivity index (χ1) is 20.7. The Bertz CT molecular complexity index is 1580. The van der Waals surface area contributed by atoms with E-state index in [4.69, 9.17) is 10.5 Å². The van der Waals surface area contributed by atoms with Crippen LogP contribution in [0.2, 0.25) is 0 Å². The van der Waals surface area contributed by atoms with Gasteiger partial charge in [0.15, 0.2) is 34.7 Å². The van der Waals surface area contributed by atoms with Crippen LogP contribution in [0.15, 0.2) is 36.4 Å². The third kappa shape index (κ3) is 4.87. The van der Waals surface area contributed by atoms with Crippen molar-refractivity contribution in [1.29, 1.82) is 0 Å². The van der Waals surface area contributed by atoms with Gasteiger partial charge in [0.2, 0.25) is 5.91 Å². The topological polar surface area (TPSA) is 193 Å². The lowest BCUT2D eigenvalue weighted by Gasteiger charge is -2.52.